The normalized spacial score (nSPS) is 31.7. The van der Waals surface area contributed by atoms with Gasteiger partial charge in [0.15, 0.2) is 11.2 Å². The molecule has 0 bridgehead atoms. The van der Waals surface area contributed by atoms with E-state index >= 15 is 0 Å². The van der Waals surface area contributed by atoms with Crippen LogP contribution in [0, 0.1) is 0 Å². The van der Waals surface area contributed by atoms with Gasteiger partial charge in [-0.3, -0.25) is 4.90 Å². The van der Waals surface area contributed by atoms with E-state index in [0.29, 0.717) is 12.4 Å². The minimum absolute atomic E-state index is 0.0621. The van der Waals surface area contributed by atoms with E-state index in [0.717, 1.165) is 18.1 Å². The maximum atomic E-state index is 13.4. The lowest BCUT2D eigenvalue weighted by Crippen LogP contribution is -2.44. The van der Waals surface area contributed by atoms with Gasteiger partial charge in [-0.05, 0) is 20.0 Å². The Kier molecular flexibility index (Phi) is 3.91. The Hall–Kier alpha value is -0.800. The van der Waals surface area contributed by atoms with Gasteiger partial charge in [0.1, 0.15) is 0 Å². The average molecular weight is 322 g/mol. The van der Waals surface area contributed by atoms with Gasteiger partial charge in [-0.1, -0.05) is 5.16 Å². The zero-order valence-corrected chi connectivity index (χ0v) is 12.4. The molecule has 0 amide bonds. The van der Waals surface area contributed by atoms with Crippen molar-refractivity contribution in [3.63, 3.8) is 0 Å². The number of hydrogen-bond donors (Lipinski definition) is 1. The van der Waals surface area contributed by atoms with Gasteiger partial charge in [0.2, 0.25) is 5.89 Å². The van der Waals surface area contributed by atoms with E-state index in [9.17, 15) is 13.2 Å². The third-order valence-electron chi connectivity index (χ3n) is 4.24. The predicted molar refractivity (Wildman–Crippen MR) is 72.2 cm³/mol. The molecule has 3 heterocycles. The number of hydrogen-bond acceptors (Lipinski definition) is 6. The van der Waals surface area contributed by atoms with Crippen molar-refractivity contribution in [2.45, 2.75) is 24.1 Å². The number of rotatable bonds is 2. The maximum absolute atomic E-state index is 13.4. The molecule has 1 aromatic heterocycles. The van der Waals surface area contributed by atoms with Gasteiger partial charge in [-0.15, -0.1) is 0 Å². The molecule has 0 radical (unpaired) electrons. The van der Waals surface area contributed by atoms with Crippen LogP contribution in [0.3, 0.4) is 0 Å². The molecule has 3 rings (SSSR count). The van der Waals surface area contributed by atoms with Crippen LogP contribution >= 0.6 is 11.8 Å². The standard InChI is InChI=1S/C12H17F3N4OS/c1-19-4-5-21-6-8(19)9-17-10(20-18-9)11(12(13,14)15)2-3-16-7-11/h8,16H,2-7H2,1H3. The van der Waals surface area contributed by atoms with E-state index in [2.05, 4.69) is 20.4 Å². The van der Waals surface area contributed by atoms with E-state index < -0.39 is 11.6 Å². The summed E-state index contributed by atoms with van der Waals surface area (Å²) in [6.45, 7) is 0.967. The van der Waals surface area contributed by atoms with Crippen LogP contribution in [0.25, 0.3) is 0 Å². The van der Waals surface area contributed by atoms with Gasteiger partial charge in [0, 0.05) is 24.6 Å². The number of nitrogens with one attached hydrogen (secondary N) is 1. The van der Waals surface area contributed by atoms with Crippen molar-refractivity contribution in [1.29, 1.82) is 0 Å². The van der Waals surface area contributed by atoms with Crippen LogP contribution in [0.5, 0.6) is 0 Å². The molecule has 2 fully saturated rings. The number of nitrogens with zero attached hydrogens (tertiary/aromatic N) is 3. The van der Waals surface area contributed by atoms with Crippen molar-refractivity contribution in [3.05, 3.63) is 11.7 Å². The Bertz CT molecular complexity index is 501. The Balaban J connectivity index is 1.90. The SMILES string of the molecule is CN1CCSCC1c1noc(C2(C(F)(F)F)CCNC2)n1. The number of alkyl halides is 3. The van der Waals surface area contributed by atoms with Crippen LogP contribution in [0.15, 0.2) is 4.52 Å². The molecule has 118 valence electrons. The highest BCUT2D eigenvalue weighted by Crippen LogP contribution is 2.45. The molecule has 2 aliphatic rings. The summed E-state index contributed by atoms with van der Waals surface area (Å²) in [4.78, 5) is 6.17. The maximum Gasteiger partial charge on any atom is 0.404 e. The molecule has 0 aliphatic carbocycles. The first kappa shape index (κ1) is 15.1. The third-order valence-corrected chi connectivity index (χ3v) is 5.27. The summed E-state index contributed by atoms with van der Waals surface area (Å²) in [5.41, 5.74) is -2.04. The van der Waals surface area contributed by atoms with Crippen molar-refractivity contribution in [2.24, 2.45) is 0 Å². The largest absolute Gasteiger partial charge is 0.404 e. The van der Waals surface area contributed by atoms with Crippen LogP contribution in [0.1, 0.15) is 24.2 Å². The molecule has 9 heteroatoms. The van der Waals surface area contributed by atoms with Crippen molar-refractivity contribution in [2.75, 3.05) is 38.2 Å². The third kappa shape index (κ3) is 2.55. The molecule has 21 heavy (non-hydrogen) atoms. The lowest BCUT2D eigenvalue weighted by Gasteiger charge is -2.29. The van der Waals surface area contributed by atoms with Gasteiger partial charge in [0.25, 0.3) is 0 Å². The summed E-state index contributed by atoms with van der Waals surface area (Å²) in [6, 6.07) is -0.0825. The predicted octanol–water partition coefficient (Wildman–Crippen LogP) is 1.58. The number of halogens is 3. The van der Waals surface area contributed by atoms with Gasteiger partial charge in [-0.25, -0.2) is 0 Å². The molecule has 1 N–H and O–H groups in total. The molecule has 2 unspecified atom stereocenters. The number of aromatic nitrogens is 2. The molecule has 1 aromatic rings. The molecular weight excluding hydrogens is 305 g/mol. The van der Waals surface area contributed by atoms with Crippen LogP contribution in [-0.2, 0) is 5.41 Å². The fraction of sp³-hybridized carbons (Fsp3) is 0.833. The molecular formula is C12H17F3N4OS. The second kappa shape index (κ2) is 5.44. The fourth-order valence-electron chi connectivity index (χ4n) is 2.76. The van der Waals surface area contributed by atoms with Gasteiger partial charge in [-0.2, -0.15) is 29.9 Å². The number of thioether (sulfide) groups is 1. The van der Waals surface area contributed by atoms with Gasteiger partial charge in [0.05, 0.1) is 6.04 Å². The first-order chi connectivity index (χ1) is 9.94. The first-order valence-corrected chi connectivity index (χ1v) is 7.99. The van der Waals surface area contributed by atoms with E-state index in [1.165, 1.54) is 0 Å². The van der Waals surface area contributed by atoms with Crippen molar-refractivity contribution >= 4 is 11.8 Å². The quantitative estimate of drug-likeness (QED) is 0.892. The fourth-order valence-corrected chi connectivity index (χ4v) is 3.97. The van der Waals surface area contributed by atoms with E-state index in [-0.39, 0.29) is 24.9 Å². The monoisotopic (exact) mass is 322 g/mol. The second-order valence-corrected chi connectivity index (χ2v) is 6.69. The second-order valence-electron chi connectivity index (χ2n) is 5.54. The lowest BCUT2D eigenvalue weighted by atomic mass is 9.86. The summed E-state index contributed by atoms with van der Waals surface area (Å²) in [6.07, 6.45) is -4.46. The zero-order chi connectivity index (χ0) is 15.1. The topological polar surface area (TPSA) is 54.2 Å². The van der Waals surface area contributed by atoms with E-state index in [4.69, 9.17) is 4.52 Å². The van der Waals surface area contributed by atoms with Crippen LogP contribution < -0.4 is 5.32 Å². The first-order valence-electron chi connectivity index (χ1n) is 6.83. The van der Waals surface area contributed by atoms with Gasteiger partial charge < -0.3 is 9.84 Å². The highest BCUT2D eigenvalue weighted by molar-refractivity contribution is 7.99. The van der Waals surface area contributed by atoms with Crippen LogP contribution in [0.4, 0.5) is 13.2 Å². The Morgan fingerprint density at radius 1 is 1.48 bits per heavy atom. The molecule has 2 aliphatic heterocycles. The average Bonchev–Trinajstić information content (AvgIpc) is 3.08. The lowest BCUT2D eigenvalue weighted by molar-refractivity contribution is -0.191. The van der Waals surface area contributed by atoms with Crippen molar-refractivity contribution < 1.29 is 17.7 Å². The molecule has 2 saturated heterocycles. The summed E-state index contributed by atoms with van der Waals surface area (Å²) >= 11 is 1.75. The van der Waals surface area contributed by atoms with E-state index in [1.54, 1.807) is 11.8 Å². The highest BCUT2D eigenvalue weighted by Gasteiger charge is 2.61. The smallest absolute Gasteiger partial charge is 0.338 e. The summed E-state index contributed by atoms with van der Waals surface area (Å²) in [5.74, 6) is 1.83. The van der Waals surface area contributed by atoms with E-state index in [1.807, 2.05) is 7.05 Å². The van der Waals surface area contributed by atoms with Crippen LogP contribution in [-0.4, -0.2) is 59.4 Å². The molecule has 0 spiro atoms. The Morgan fingerprint density at radius 3 is 2.90 bits per heavy atom. The van der Waals surface area contributed by atoms with Crippen molar-refractivity contribution in [1.82, 2.24) is 20.4 Å². The molecule has 0 aromatic carbocycles. The minimum Gasteiger partial charge on any atom is -0.338 e. The molecule has 2 atom stereocenters. The molecule has 5 nitrogen and oxygen atoms in total. The molecule has 0 saturated carbocycles. The summed E-state index contributed by atoms with van der Waals surface area (Å²) in [5, 5.41) is 6.58. The minimum atomic E-state index is -4.40. The van der Waals surface area contributed by atoms with Crippen LogP contribution in [0.2, 0.25) is 0 Å². The zero-order valence-electron chi connectivity index (χ0n) is 11.6. The van der Waals surface area contributed by atoms with Crippen molar-refractivity contribution in [3.8, 4) is 0 Å². The highest BCUT2D eigenvalue weighted by atomic mass is 32.2. The Morgan fingerprint density at radius 2 is 2.29 bits per heavy atom. The summed E-state index contributed by atoms with van der Waals surface area (Å²) < 4.78 is 45.4. The van der Waals surface area contributed by atoms with Gasteiger partial charge >= 0.3 is 6.18 Å². The Labute approximate surface area is 124 Å². The summed E-state index contributed by atoms with van der Waals surface area (Å²) in [7, 11) is 1.93.